The lowest BCUT2D eigenvalue weighted by Crippen LogP contribution is -2.36. The fourth-order valence-electron chi connectivity index (χ4n) is 3.88. The number of amides is 1. The third-order valence-corrected chi connectivity index (χ3v) is 5.64. The minimum atomic E-state index is -6.41. The number of nitrogens with one attached hydrogen (secondary N) is 1. The van der Waals surface area contributed by atoms with Crippen LogP contribution in [0.3, 0.4) is 0 Å². The van der Waals surface area contributed by atoms with Gasteiger partial charge in [-0.15, -0.1) is 5.10 Å². The van der Waals surface area contributed by atoms with Gasteiger partial charge in [0.1, 0.15) is 34.3 Å². The van der Waals surface area contributed by atoms with Gasteiger partial charge in [0.05, 0.1) is 19.0 Å². The van der Waals surface area contributed by atoms with Crippen molar-refractivity contribution in [2.24, 2.45) is 7.05 Å². The quantitative estimate of drug-likeness (QED) is 0.269. The van der Waals surface area contributed by atoms with E-state index >= 15 is 0 Å². The highest BCUT2D eigenvalue weighted by Crippen LogP contribution is 2.49. The number of methoxy groups -OCH3 is 1. The normalized spacial score (nSPS) is 12.5. The van der Waals surface area contributed by atoms with Crippen LogP contribution in [0.1, 0.15) is 21.6 Å². The molecule has 0 unspecified atom stereocenters. The van der Waals surface area contributed by atoms with Crippen LogP contribution < -0.4 is 10.1 Å². The van der Waals surface area contributed by atoms with Crippen molar-refractivity contribution in [1.82, 2.24) is 24.8 Å². The van der Waals surface area contributed by atoms with Crippen molar-refractivity contribution in [3.63, 3.8) is 0 Å². The highest BCUT2D eigenvalue weighted by molar-refractivity contribution is 6.06. The second-order valence-electron chi connectivity index (χ2n) is 8.37. The minimum Gasteiger partial charge on any atom is -0.494 e. The van der Waals surface area contributed by atoms with E-state index in [1.807, 2.05) is 0 Å². The fourth-order valence-corrected chi connectivity index (χ4v) is 3.88. The van der Waals surface area contributed by atoms with Gasteiger partial charge < -0.3 is 10.1 Å². The Kier molecular flexibility index (Phi) is 7.41. The molecule has 0 fully saturated rings. The maximum atomic E-state index is 14.1. The Labute approximate surface area is 226 Å². The summed E-state index contributed by atoms with van der Waals surface area (Å²) in [6.45, 7) is 0. The lowest BCUT2D eigenvalue weighted by Gasteiger charge is -2.19. The predicted octanol–water partition coefficient (Wildman–Crippen LogP) is 6.02. The first-order chi connectivity index (χ1) is 19.4. The lowest BCUT2D eigenvalue weighted by molar-refractivity contribution is -0.292. The van der Waals surface area contributed by atoms with E-state index in [2.05, 4.69) is 20.7 Å². The summed E-state index contributed by atoms with van der Waals surface area (Å²) in [6.07, 6.45) is -11.5. The molecular formula is C23H13F11N6O2. The number of hydrogen-bond acceptors (Lipinski definition) is 5. The van der Waals surface area contributed by atoms with Gasteiger partial charge in [-0.25, -0.2) is 22.5 Å². The molecule has 0 bridgehead atoms. The number of benzene rings is 2. The Morgan fingerprint density at radius 1 is 0.976 bits per heavy atom. The molecule has 2 aromatic carbocycles. The summed E-state index contributed by atoms with van der Waals surface area (Å²) in [7, 11) is 1.73. The van der Waals surface area contributed by atoms with Crippen molar-refractivity contribution in [3.8, 4) is 22.8 Å². The first kappa shape index (κ1) is 30.3. The van der Waals surface area contributed by atoms with Gasteiger partial charge in [0.15, 0.2) is 17.3 Å². The zero-order valence-corrected chi connectivity index (χ0v) is 20.7. The summed E-state index contributed by atoms with van der Waals surface area (Å²) in [5.41, 5.74) is -6.93. The molecule has 4 aromatic rings. The Balaban J connectivity index is 1.79. The highest BCUT2D eigenvalue weighted by Gasteiger charge is 2.64. The average Bonchev–Trinajstić information content (AvgIpc) is 3.47. The van der Waals surface area contributed by atoms with Crippen molar-refractivity contribution in [2.45, 2.75) is 18.3 Å². The van der Waals surface area contributed by atoms with Crippen LogP contribution in [0.15, 0.2) is 36.5 Å². The summed E-state index contributed by atoms with van der Waals surface area (Å²) in [5.74, 6) is -13.4. The van der Waals surface area contributed by atoms with Gasteiger partial charge in [-0.3, -0.25) is 4.79 Å². The standard InChI is InChI=1S/C23H13F11N6O2/c1-39-20(16(22(29,30)31)18(37-39)21(27,28)23(32,33)34)40-8-14(36-38-40)10-4-3-5-13(17(10)42-2)35-19(41)15-11(25)6-9(24)7-12(15)26/h3-8H,1-2H3,(H,35,41). The van der Waals surface area contributed by atoms with E-state index in [1.54, 1.807) is 0 Å². The van der Waals surface area contributed by atoms with Gasteiger partial charge >= 0.3 is 18.3 Å². The van der Waals surface area contributed by atoms with Crippen LogP contribution in [0.5, 0.6) is 5.75 Å². The van der Waals surface area contributed by atoms with E-state index in [4.69, 9.17) is 4.74 Å². The molecule has 0 aliphatic carbocycles. The van der Waals surface area contributed by atoms with Crippen LogP contribution >= 0.6 is 0 Å². The van der Waals surface area contributed by atoms with Gasteiger partial charge in [0.25, 0.3) is 5.91 Å². The molecule has 4 rings (SSSR count). The summed E-state index contributed by atoms with van der Waals surface area (Å²) in [4.78, 5) is 12.5. The second kappa shape index (κ2) is 10.3. The number of hydrogen-bond donors (Lipinski definition) is 1. The van der Waals surface area contributed by atoms with Crippen molar-refractivity contribution in [2.75, 3.05) is 12.4 Å². The summed E-state index contributed by atoms with van der Waals surface area (Å²) >= 11 is 0. The molecule has 0 aliphatic rings. The van der Waals surface area contributed by atoms with Crippen molar-refractivity contribution in [3.05, 3.63) is 70.8 Å². The number of aryl methyl sites for hydroxylation is 1. The molecule has 42 heavy (non-hydrogen) atoms. The first-order valence-corrected chi connectivity index (χ1v) is 11.0. The molecule has 2 aromatic heterocycles. The molecule has 0 spiro atoms. The van der Waals surface area contributed by atoms with E-state index in [-0.39, 0.29) is 44.2 Å². The van der Waals surface area contributed by atoms with Crippen LogP contribution in [0.4, 0.5) is 54.0 Å². The number of alkyl halides is 8. The number of aromatic nitrogens is 5. The molecule has 0 saturated carbocycles. The Morgan fingerprint density at radius 2 is 1.60 bits per heavy atom. The molecule has 1 amide bonds. The number of ether oxygens (including phenoxy) is 1. The van der Waals surface area contributed by atoms with Crippen molar-refractivity contribution in [1.29, 1.82) is 0 Å². The number of nitrogens with zero attached hydrogens (tertiary/aromatic N) is 5. The van der Waals surface area contributed by atoms with Crippen LogP contribution in [-0.4, -0.2) is 44.0 Å². The van der Waals surface area contributed by atoms with Gasteiger partial charge in [0, 0.05) is 24.7 Å². The number of halogens is 11. The zero-order valence-electron chi connectivity index (χ0n) is 20.7. The van der Waals surface area contributed by atoms with Crippen LogP contribution in [0.2, 0.25) is 0 Å². The molecular weight excluding hydrogens is 601 g/mol. The van der Waals surface area contributed by atoms with Gasteiger partial charge in [-0.1, -0.05) is 11.3 Å². The summed E-state index contributed by atoms with van der Waals surface area (Å²) < 4.78 is 155. The molecule has 0 saturated heterocycles. The maximum absolute atomic E-state index is 14.1. The third-order valence-electron chi connectivity index (χ3n) is 5.64. The molecule has 19 heteroatoms. The van der Waals surface area contributed by atoms with E-state index < -0.39 is 64.3 Å². The zero-order chi connectivity index (χ0) is 31.4. The monoisotopic (exact) mass is 614 g/mol. The molecule has 224 valence electrons. The first-order valence-electron chi connectivity index (χ1n) is 11.0. The van der Waals surface area contributed by atoms with E-state index in [9.17, 15) is 53.1 Å². The average molecular weight is 614 g/mol. The van der Waals surface area contributed by atoms with Crippen LogP contribution in [0.25, 0.3) is 17.1 Å². The van der Waals surface area contributed by atoms with Gasteiger partial charge in [0.2, 0.25) is 0 Å². The number of anilines is 1. The lowest BCUT2D eigenvalue weighted by atomic mass is 10.1. The van der Waals surface area contributed by atoms with Crippen molar-refractivity contribution >= 4 is 11.6 Å². The molecule has 0 radical (unpaired) electrons. The van der Waals surface area contributed by atoms with Crippen LogP contribution in [0, 0.1) is 17.5 Å². The summed E-state index contributed by atoms with van der Waals surface area (Å²) in [6, 6.07) is 4.16. The molecule has 0 aliphatic heterocycles. The fraction of sp³-hybridized carbons (Fsp3) is 0.217. The van der Waals surface area contributed by atoms with Gasteiger partial charge in [-0.2, -0.15) is 40.2 Å². The van der Waals surface area contributed by atoms with Gasteiger partial charge in [-0.05, 0) is 12.1 Å². The molecule has 0 atom stereocenters. The van der Waals surface area contributed by atoms with Crippen molar-refractivity contribution < 1.29 is 57.8 Å². The minimum absolute atomic E-state index is 0.107. The predicted molar refractivity (Wildman–Crippen MR) is 119 cm³/mol. The number of para-hydroxylation sites is 1. The SMILES string of the molecule is COc1c(NC(=O)c2c(F)cc(F)cc2F)cccc1-c1cn(-c2c(C(F)(F)F)c(C(F)(F)C(F)(F)F)nn2C)nn1. The summed E-state index contributed by atoms with van der Waals surface area (Å²) in [5, 5.41) is 11.9. The highest BCUT2D eigenvalue weighted by atomic mass is 19.4. The van der Waals surface area contributed by atoms with Crippen LogP contribution in [-0.2, 0) is 19.1 Å². The Bertz CT molecular complexity index is 1650. The second-order valence-corrected chi connectivity index (χ2v) is 8.37. The molecule has 1 N–H and O–H groups in total. The Morgan fingerprint density at radius 3 is 2.14 bits per heavy atom. The van der Waals surface area contributed by atoms with E-state index in [1.165, 1.54) is 18.2 Å². The molecule has 8 nitrogen and oxygen atoms in total. The van der Waals surface area contributed by atoms with E-state index in [0.717, 1.165) is 7.11 Å². The maximum Gasteiger partial charge on any atom is 0.459 e. The third kappa shape index (κ3) is 5.20. The topological polar surface area (TPSA) is 86.9 Å². The smallest absolute Gasteiger partial charge is 0.459 e. The number of carbonyl (C=O) groups excluding carboxylic acids is 1. The number of rotatable bonds is 6. The number of carbonyl (C=O) groups is 1. The largest absolute Gasteiger partial charge is 0.494 e. The van der Waals surface area contributed by atoms with E-state index in [0.29, 0.717) is 13.2 Å². The molecule has 2 heterocycles. The Hall–Kier alpha value is -4.71.